The number of aromatic nitrogens is 14. The minimum Gasteiger partial charge on any atom is -0.309 e. The maximum absolute atomic E-state index is 4.54. The molecule has 28 rings (SSSR count). The van der Waals surface area contributed by atoms with Crippen molar-refractivity contribution in [1.82, 2.24) is 66.4 Å². The Labute approximate surface area is 731 Å². The van der Waals surface area contributed by atoms with Gasteiger partial charge in [-0.05, 0) is 169 Å². The number of hydrogen-bond acceptors (Lipinski definition) is 6. The second-order valence-electron chi connectivity index (χ2n) is 32.7. The van der Waals surface area contributed by atoms with Crippen LogP contribution in [-0.4, -0.2) is 66.4 Å². The van der Waals surface area contributed by atoms with Gasteiger partial charge < -0.3 is 27.4 Å². The smallest absolute Gasteiger partial charge is 0.237 e. The Kier molecular flexibility index (Phi) is 16.3. The van der Waals surface area contributed by atoms with Gasteiger partial charge in [-0.2, -0.15) is 0 Å². The zero-order valence-corrected chi connectivity index (χ0v) is 68.8. The van der Waals surface area contributed by atoms with Crippen LogP contribution in [0.1, 0.15) is 0 Å². The first kappa shape index (κ1) is 72.1. The van der Waals surface area contributed by atoms with E-state index in [2.05, 4.69) is 479 Å². The number of hydrogen-bond donors (Lipinski definition) is 0. The number of fused-ring (bicyclic) bond motifs is 24. The lowest BCUT2D eigenvalue weighted by Crippen LogP contribution is -2.01. The van der Waals surface area contributed by atoms with Crippen molar-refractivity contribution in [2.75, 3.05) is 0 Å². The fourth-order valence-electron chi connectivity index (χ4n) is 20.5. The molecule has 0 saturated carbocycles. The highest BCUT2D eigenvalue weighted by Gasteiger charge is 2.27. The third kappa shape index (κ3) is 11.1. The second-order valence-corrected chi connectivity index (χ2v) is 32.7. The number of nitrogens with zero attached hydrogens (tertiary/aromatic N) is 14. The van der Waals surface area contributed by atoms with Crippen molar-refractivity contribution in [3.05, 3.63) is 438 Å². The summed E-state index contributed by atoms with van der Waals surface area (Å²) in [6.45, 7) is 0. The van der Waals surface area contributed by atoms with Crippen molar-refractivity contribution in [2.24, 2.45) is 0 Å². The molecular formula is C114H72N14. The first-order chi connectivity index (χ1) is 63.6. The predicted octanol–water partition coefficient (Wildman–Crippen LogP) is 27.9. The number of rotatable bonds is 9. The van der Waals surface area contributed by atoms with Crippen LogP contribution < -0.4 is 0 Å². The SMILES string of the molecule is c1ccc(-c2ccc(-n3c4ccccc4c4cc5c(cc43)c3ccccc3n5-c3ccccc3)cc2)cc1.c1ccc(-n2c3ccccc3c3cc(-n4c5ccccc5c5cc6c(cc54)c4ccccc4n6-c4ncncn4)ccc32)cc1.c1ccc(-n2c3ccccc3c3cccc(-n4c5ccccc5c5cc6c(cc54)c4ccccc4n6-c4ncncn4)c32)cc1. The summed E-state index contributed by atoms with van der Waals surface area (Å²) in [5, 5.41) is 19.4. The fraction of sp³-hybridized carbons (Fsp3) is 0. The first-order valence-corrected chi connectivity index (χ1v) is 43.1. The van der Waals surface area contributed by atoms with Gasteiger partial charge in [-0.15, -0.1) is 0 Å². The lowest BCUT2D eigenvalue weighted by atomic mass is 10.1. The van der Waals surface area contributed by atoms with Crippen LogP contribution in [0.5, 0.6) is 0 Å². The van der Waals surface area contributed by atoms with Crippen molar-refractivity contribution in [1.29, 1.82) is 0 Å². The lowest BCUT2D eigenvalue weighted by molar-refractivity contribution is 0.939. The second kappa shape index (κ2) is 29.0. The number of benzene rings is 18. The molecule has 0 N–H and O–H groups in total. The molecule has 128 heavy (non-hydrogen) atoms. The average molecular weight is 1640 g/mol. The standard InChI is InChI=1S/2C39H24N6.C36H24N2/c1-2-11-25(12-3-1)43-32-17-7-4-13-26(32)29-16-10-20-35(38(29)43)44-33-18-8-5-14-27(33)30-22-37-31(21-36(30)44)28-15-6-9-19-34(28)45(37)39-41-23-40-24-42-39;1-2-10-25(11-3-1)43-33-15-7-4-12-27(33)30-20-26(18-19-36(30)43)44-34-16-8-5-13-28(34)31-22-38-32(21-37(31)44)29-14-6-9-17-35(29)45(38)39-41-23-40-24-42-39;1-3-11-25(12-4-1)26-19-21-28(22-20-26)38-34-18-10-8-16-30(34)32-23-35-31(24-36(32)38)29-15-7-9-17-33(29)37(35)27-13-5-2-6-14-27/h2*1-24H;1-24H. The maximum Gasteiger partial charge on any atom is 0.237 e. The molecule has 28 aromatic rings. The summed E-state index contributed by atoms with van der Waals surface area (Å²) in [6, 6.07) is 148. The Balaban J connectivity index is 0.000000102. The molecule has 598 valence electrons. The molecule has 0 fully saturated rings. The summed E-state index contributed by atoms with van der Waals surface area (Å²) in [6.07, 6.45) is 6.22. The van der Waals surface area contributed by atoms with Crippen LogP contribution in [0.3, 0.4) is 0 Å². The summed E-state index contributed by atoms with van der Waals surface area (Å²) in [5.41, 5.74) is 27.9. The van der Waals surface area contributed by atoms with Crippen LogP contribution in [0, 0.1) is 0 Å². The van der Waals surface area contributed by atoms with E-state index >= 15 is 0 Å². The van der Waals surface area contributed by atoms with Gasteiger partial charge in [0.25, 0.3) is 0 Å². The Morgan fingerprint density at radius 3 is 0.766 bits per heavy atom. The van der Waals surface area contributed by atoms with Gasteiger partial charge in [0, 0.05) is 115 Å². The van der Waals surface area contributed by atoms with Gasteiger partial charge in [0.15, 0.2) is 0 Å². The minimum atomic E-state index is 0.608. The van der Waals surface area contributed by atoms with E-state index in [0.29, 0.717) is 11.9 Å². The molecule has 0 aliphatic rings. The summed E-state index contributed by atoms with van der Waals surface area (Å²) >= 11 is 0. The van der Waals surface area contributed by atoms with Crippen molar-refractivity contribution >= 4 is 174 Å². The van der Waals surface area contributed by atoms with Gasteiger partial charge in [-0.3, -0.25) is 9.13 Å². The third-order valence-electron chi connectivity index (χ3n) is 25.9. The molecule has 0 spiro atoms. The Hall–Kier alpha value is -17.6. The maximum atomic E-state index is 4.54. The molecule has 0 amide bonds. The van der Waals surface area contributed by atoms with Crippen molar-refractivity contribution in [3.8, 4) is 57.1 Å². The molecule has 0 bridgehead atoms. The van der Waals surface area contributed by atoms with E-state index in [1.165, 1.54) is 137 Å². The zero-order valence-electron chi connectivity index (χ0n) is 68.8. The molecule has 0 aliphatic carbocycles. The van der Waals surface area contributed by atoms with Gasteiger partial charge in [0.1, 0.15) is 25.3 Å². The van der Waals surface area contributed by atoms with Crippen molar-refractivity contribution < 1.29 is 0 Å². The molecule has 18 aromatic carbocycles. The normalized spacial score (nSPS) is 11.9. The van der Waals surface area contributed by atoms with Gasteiger partial charge in [0.05, 0.1) is 94.0 Å². The largest absolute Gasteiger partial charge is 0.309 e. The molecule has 0 unspecified atom stereocenters. The number of para-hydroxylation sites is 12. The molecule has 10 heterocycles. The summed E-state index contributed by atoms with van der Waals surface area (Å²) in [5.74, 6) is 1.22. The van der Waals surface area contributed by atoms with Crippen LogP contribution in [0.15, 0.2) is 438 Å². The highest BCUT2D eigenvalue weighted by molar-refractivity contribution is 6.24. The molecule has 14 nitrogen and oxygen atoms in total. The highest BCUT2D eigenvalue weighted by atomic mass is 15.2. The van der Waals surface area contributed by atoms with Crippen LogP contribution in [-0.2, 0) is 0 Å². The highest BCUT2D eigenvalue weighted by Crippen LogP contribution is 2.47. The van der Waals surface area contributed by atoms with Gasteiger partial charge >= 0.3 is 0 Å². The molecule has 0 atom stereocenters. The van der Waals surface area contributed by atoms with Gasteiger partial charge in [0.2, 0.25) is 11.9 Å². The van der Waals surface area contributed by atoms with Gasteiger partial charge in [-0.25, -0.2) is 29.9 Å². The van der Waals surface area contributed by atoms with E-state index in [-0.39, 0.29) is 0 Å². The molecule has 0 radical (unpaired) electrons. The summed E-state index contributed by atoms with van der Waals surface area (Å²) < 4.78 is 18.7. The molecule has 0 saturated heterocycles. The van der Waals surface area contributed by atoms with Crippen LogP contribution in [0.2, 0.25) is 0 Å². The van der Waals surface area contributed by atoms with Crippen molar-refractivity contribution in [2.45, 2.75) is 0 Å². The minimum absolute atomic E-state index is 0.608. The Morgan fingerprint density at radius 2 is 0.383 bits per heavy atom. The topological polar surface area (TPSA) is 117 Å². The predicted molar refractivity (Wildman–Crippen MR) is 526 cm³/mol. The Morgan fingerprint density at radius 1 is 0.141 bits per heavy atom. The van der Waals surface area contributed by atoms with Crippen LogP contribution in [0.25, 0.3) is 232 Å². The third-order valence-corrected chi connectivity index (χ3v) is 25.9. The first-order valence-electron chi connectivity index (χ1n) is 43.1. The van der Waals surface area contributed by atoms with Gasteiger partial charge in [-0.1, -0.05) is 255 Å². The molecule has 10 aromatic heterocycles. The molecule has 14 heteroatoms. The monoisotopic (exact) mass is 1640 g/mol. The fourth-order valence-corrected chi connectivity index (χ4v) is 20.5. The Bertz CT molecular complexity index is 9290. The summed E-state index contributed by atoms with van der Waals surface area (Å²) in [7, 11) is 0. The van der Waals surface area contributed by atoms with Crippen LogP contribution in [0.4, 0.5) is 0 Å². The van der Waals surface area contributed by atoms with E-state index in [1.807, 2.05) is 0 Å². The van der Waals surface area contributed by atoms with E-state index < -0.39 is 0 Å². The average Bonchev–Trinajstić information content (AvgIpc) is 1.54. The zero-order chi connectivity index (χ0) is 84.0. The molecule has 0 aliphatic heterocycles. The van der Waals surface area contributed by atoms with Crippen molar-refractivity contribution in [3.63, 3.8) is 0 Å². The van der Waals surface area contributed by atoms with E-state index in [9.17, 15) is 0 Å². The lowest BCUT2D eigenvalue weighted by Gasteiger charge is -2.14. The molecular weight excluding hydrogens is 1570 g/mol. The quantitative estimate of drug-likeness (QED) is 0.142. The van der Waals surface area contributed by atoms with Crippen LogP contribution >= 0.6 is 0 Å². The van der Waals surface area contributed by atoms with E-state index in [4.69, 9.17) is 0 Å². The van der Waals surface area contributed by atoms with E-state index in [1.54, 1.807) is 25.3 Å². The summed E-state index contributed by atoms with van der Waals surface area (Å²) in [4.78, 5) is 26.3. The van der Waals surface area contributed by atoms with E-state index in [0.717, 1.165) is 82.9 Å².